The lowest BCUT2D eigenvalue weighted by atomic mass is 10.1. The molecule has 0 atom stereocenters. The highest BCUT2D eigenvalue weighted by Crippen LogP contribution is 2.45. The molecule has 0 radical (unpaired) electrons. The van der Waals surface area contributed by atoms with Crippen molar-refractivity contribution in [2.24, 2.45) is 0 Å². The van der Waals surface area contributed by atoms with E-state index in [9.17, 15) is 9.90 Å². The van der Waals surface area contributed by atoms with E-state index in [4.69, 9.17) is 10.1 Å². The van der Waals surface area contributed by atoms with Crippen LogP contribution < -0.4 is 5.11 Å². The maximum Gasteiger partial charge on any atom is 0.164 e. The fourth-order valence-corrected chi connectivity index (χ4v) is 3.30. The molecule has 2 saturated carbocycles. The second kappa shape index (κ2) is 4.90. The van der Waals surface area contributed by atoms with Crippen LogP contribution in [0.1, 0.15) is 59.3 Å². The normalized spacial score (nSPS) is 17.3. The number of nitrogens with zero attached hydrogens (tertiary/aromatic N) is 3. The molecule has 5 heteroatoms. The van der Waals surface area contributed by atoms with E-state index in [1.54, 1.807) is 10.7 Å². The van der Waals surface area contributed by atoms with Crippen LogP contribution in [-0.2, 0) is 0 Å². The Morgan fingerprint density at radius 3 is 2.42 bits per heavy atom. The van der Waals surface area contributed by atoms with Crippen molar-refractivity contribution in [3.05, 3.63) is 53.3 Å². The van der Waals surface area contributed by atoms with E-state index in [1.807, 2.05) is 30.3 Å². The van der Waals surface area contributed by atoms with Crippen LogP contribution in [-0.4, -0.2) is 20.7 Å². The van der Waals surface area contributed by atoms with Gasteiger partial charge in [0.1, 0.15) is 0 Å². The zero-order valence-corrected chi connectivity index (χ0v) is 13.1. The van der Waals surface area contributed by atoms with E-state index in [1.165, 1.54) is 0 Å². The molecule has 0 aliphatic heterocycles. The van der Waals surface area contributed by atoms with Crippen LogP contribution in [0.25, 0.3) is 16.7 Å². The lowest BCUT2D eigenvalue weighted by Crippen LogP contribution is -2.23. The monoisotopic (exact) mass is 318 g/mol. The quantitative estimate of drug-likeness (QED) is 0.741. The molecule has 2 aliphatic rings. The summed E-state index contributed by atoms with van der Waals surface area (Å²) in [4.78, 5) is 16.6. The van der Waals surface area contributed by atoms with Crippen LogP contribution >= 0.6 is 0 Å². The van der Waals surface area contributed by atoms with Crippen LogP contribution in [0.5, 0.6) is 0 Å². The number of benzene rings is 1. The molecular weight excluding hydrogens is 302 g/mol. The van der Waals surface area contributed by atoms with Crippen LogP contribution in [0.4, 0.5) is 0 Å². The predicted molar refractivity (Wildman–Crippen MR) is 87.1 cm³/mol. The van der Waals surface area contributed by atoms with E-state index < -0.39 is 5.97 Å². The van der Waals surface area contributed by atoms with Gasteiger partial charge in [-0.15, -0.1) is 0 Å². The molecule has 120 valence electrons. The summed E-state index contributed by atoms with van der Waals surface area (Å²) in [6, 6.07) is 11.5. The molecule has 2 aromatic heterocycles. The Labute approximate surface area is 138 Å². The van der Waals surface area contributed by atoms with Gasteiger partial charge in [-0.05, 0) is 43.9 Å². The number of pyridine rings is 1. The number of carboxylic acids is 1. The van der Waals surface area contributed by atoms with E-state index in [2.05, 4.69) is 0 Å². The minimum atomic E-state index is -1.14. The van der Waals surface area contributed by atoms with Gasteiger partial charge in [0.15, 0.2) is 5.65 Å². The summed E-state index contributed by atoms with van der Waals surface area (Å²) < 4.78 is 1.79. The molecule has 0 amide bonds. The minimum absolute atomic E-state index is 0.242. The zero-order valence-electron chi connectivity index (χ0n) is 13.1. The summed E-state index contributed by atoms with van der Waals surface area (Å²) in [7, 11) is 0. The van der Waals surface area contributed by atoms with E-state index in [0.29, 0.717) is 22.9 Å². The average Bonchev–Trinajstić information content (AvgIpc) is 3.51. The van der Waals surface area contributed by atoms with Gasteiger partial charge in [-0.3, -0.25) is 0 Å². The number of carbonyl (C=O) groups is 1. The van der Waals surface area contributed by atoms with Crippen molar-refractivity contribution < 1.29 is 9.90 Å². The van der Waals surface area contributed by atoms with Gasteiger partial charge in [0, 0.05) is 23.1 Å². The summed E-state index contributed by atoms with van der Waals surface area (Å²) >= 11 is 0. The number of carbonyl (C=O) groups excluding carboxylic acids is 1. The number of carboxylic acid groups (broad SMARTS) is 1. The molecule has 2 aliphatic carbocycles. The standard InChI is InChI=1S/C19H17N3O2/c23-19(24)14-10-15(11-6-7-11)20-18-16(14)17(12-8-9-12)21-22(18)13-4-2-1-3-5-13/h1-5,10-12H,6-9H2,(H,23,24)/p-1. The third-order valence-electron chi connectivity index (χ3n) is 4.87. The van der Waals surface area contributed by atoms with Crippen molar-refractivity contribution >= 4 is 17.0 Å². The minimum Gasteiger partial charge on any atom is -0.545 e. The Kier molecular flexibility index (Phi) is 2.80. The molecule has 5 rings (SSSR count). The molecule has 0 spiro atoms. The summed E-state index contributed by atoms with van der Waals surface area (Å²) in [6.07, 6.45) is 4.25. The average molecular weight is 318 g/mol. The number of fused-ring (bicyclic) bond motifs is 1. The topological polar surface area (TPSA) is 70.8 Å². The number of aromatic carboxylic acids is 1. The first-order valence-corrected chi connectivity index (χ1v) is 8.42. The SMILES string of the molecule is O=C([O-])c1cc(C2CC2)nc2c1c(C1CC1)nn2-c1ccccc1. The third kappa shape index (κ3) is 2.12. The van der Waals surface area contributed by atoms with Crippen molar-refractivity contribution in [3.63, 3.8) is 0 Å². The molecule has 1 aromatic carbocycles. The molecule has 0 N–H and O–H groups in total. The Bertz CT molecular complexity index is 954. The summed E-state index contributed by atoms with van der Waals surface area (Å²) in [5, 5.41) is 17.2. The van der Waals surface area contributed by atoms with Gasteiger partial charge < -0.3 is 9.90 Å². The molecule has 2 fully saturated rings. The van der Waals surface area contributed by atoms with Gasteiger partial charge in [-0.2, -0.15) is 5.10 Å². The molecule has 0 bridgehead atoms. The first-order valence-electron chi connectivity index (χ1n) is 8.42. The third-order valence-corrected chi connectivity index (χ3v) is 4.87. The van der Waals surface area contributed by atoms with Crippen molar-refractivity contribution in [2.45, 2.75) is 37.5 Å². The van der Waals surface area contributed by atoms with Gasteiger partial charge in [-0.1, -0.05) is 18.2 Å². The summed E-state index contributed by atoms with van der Waals surface area (Å²) in [5.74, 6) is -0.432. The zero-order chi connectivity index (χ0) is 16.3. The maximum atomic E-state index is 11.8. The molecule has 24 heavy (non-hydrogen) atoms. The smallest absolute Gasteiger partial charge is 0.164 e. The molecule has 5 nitrogen and oxygen atoms in total. The highest BCUT2D eigenvalue weighted by molar-refractivity contribution is 6.02. The first-order chi connectivity index (χ1) is 11.7. The first kappa shape index (κ1) is 13.7. The van der Waals surface area contributed by atoms with Crippen LogP contribution in [0, 0.1) is 0 Å². The molecule has 3 aromatic rings. The Morgan fingerprint density at radius 1 is 1.08 bits per heavy atom. The van der Waals surface area contributed by atoms with Gasteiger partial charge in [-0.25, -0.2) is 9.67 Å². The van der Waals surface area contributed by atoms with E-state index in [-0.39, 0.29) is 5.56 Å². The Morgan fingerprint density at radius 2 is 1.79 bits per heavy atom. The molecule has 0 unspecified atom stereocenters. The van der Waals surface area contributed by atoms with Gasteiger partial charge in [0.2, 0.25) is 0 Å². The second-order valence-electron chi connectivity index (χ2n) is 6.76. The van der Waals surface area contributed by atoms with E-state index >= 15 is 0 Å². The number of hydrogen-bond donors (Lipinski definition) is 0. The van der Waals surface area contributed by atoms with Crippen LogP contribution in [0.3, 0.4) is 0 Å². The Balaban J connectivity index is 1.84. The van der Waals surface area contributed by atoms with Crippen molar-refractivity contribution in [1.29, 1.82) is 0 Å². The molecular formula is C19H16N3O2-. The summed E-state index contributed by atoms with van der Waals surface area (Å²) in [5.41, 5.74) is 3.49. The molecule has 2 heterocycles. The summed E-state index contributed by atoms with van der Waals surface area (Å²) in [6.45, 7) is 0. The maximum absolute atomic E-state index is 11.8. The Hall–Kier alpha value is -2.69. The fraction of sp³-hybridized carbons (Fsp3) is 0.316. The van der Waals surface area contributed by atoms with Crippen LogP contribution in [0.2, 0.25) is 0 Å². The van der Waals surface area contributed by atoms with Gasteiger partial charge in [0.25, 0.3) is 0 Å². The lowest BCUT2D eigenvalue weighted by molar-refractivity contribution is -0.254. The van der Waals surface area contributed by atoms with Crippen LogP contribution in [0.15, 0.2) is 36.4 Å². The highest BCUT2D eigenvalue weighted by atomic mass is 16.4. The largest absolute Gasteiger partial charge is 0.545 e. The predicted octanol–water partition coefficient (Wildman–Crippen LogP) is 2.54. The number of hydrogen-bond acceptors (Lipinski definition) is 4. The molecule has 0 saturated heterocycles. The number of rotatable bonds is 4. The van der Waals surface area contributed by atoms with Gasteiger partial charge >= 0.3 is 0 Å². The number of aromatic nitrogens is 3. The second-order valence-corrected chi connectivity index (χ2v) is 6.76. The van der Waals surface area contributed by atoms with Crippen molar-refractivity contribution in [1.82, 2.24) is 14.8 Å². The highest BCUT2D eigenvalue weighted by Gasteiger charge is 2.33. The van der Waals surface area contributed by atoms with Crippen molar-refractivity contribution in [2.75, 3.05) is 0 Å². The van der Waals surface area contributed by atoms with Crippen molar-refractivity contribution in [3.8, 4) is 5.69 Å². The number of para-hydroxylation sites is 1. The van der Waals surface area contributed by atoms with E-state index in [0.717, 1.165) is 42.8 Å². The van der Waals surface area contributed by atoms with Gasteiger partial charge in [0.05, 0.1) is 22.7 Å². The lowest BCUT2D eigenvalue weighted by Gasteiger charge is -2.09. The fourth-order valence-electron chi connectivity index (χ4n) is 3.30.